The molecule has 0 radical (unpaired) electrons. The highest BCUT2D eigenvalue weighted by Gasteiger charge is 2.30. The van der Waals surface area contributed by atoms with Gasteiger partial charge < -0.3 is 10.4 Å². The summed E-state index contributed by atoms with van der Waals surface area (Å²) in [7, 11) is 0. The van der Waals surface area contributed by atoms with Crippen molar-refractivity contribution in [3.8, 4) is 0 Å². The maximum atomic E-state index is 10.5. The molecule has 114 valence electrons. The minimum Gasteiger partial charge on any atom is -0.387 e. The zero-order valence-electron chi connectivity index (χ0n) is 12.8. The summed E-state index contributed by atoms with van der Waals surface area (Å²) < 4.78 is 0. The molecular formula is C19H22N2O. The van der Waals surface area contributed by atoms with E-state index >= 15 is 0 Å². The number of aromatic nitrogens is 1. The third-order valence-corrected chi connectivity index (χ3v) is 5.09. The summed E-state index contributed by atoms with van der Waals surface area (Å²) in [5.41, 5.74) is 6.40. The monoisotopic (exact) mass is 294 g/mol. The molecule has 3 nitrogen and oxygen atoms in total. The first kappa shape index (κ1) is 13.9. The number of aryl methyl sites for hydroxylation is 1. The van der Waals surface area contributed by atoms with E-state index in [4.69, 9.17) is 0 Å². The fourth-order valence-electron chi connectivity index (χ4n) is 3.88. The normalized spacial score (nSPS) is 23.1. The summed E-state index contributed by atoms with van der Waals surface area (Å²) in [5.74, 6) is 0. The number of hydrogen-bond donors (Lipinski definition) is 2. The Morgan fingerprint density at radius 3 is 2.86 bits per heavy atom. The molecule has 0 saturated heterocycles. The Kier molecular flexibility index (Phi) is 3.68. The van der Waals surface area contributed by atoms with Crippen molar-refractivity contribution in [2.24, 2.45) is 0 Å². The molecule has 1 aromatic heterocycles. The lowest BCUT2D eigenvalue weighted by atomic mass is 9.91. The smallest absolute Gasteiger partial charge is 0.0948 e. The first-order chi connectivity index (χ1) is 10.8. The van der Waals surface area contributed by atoms with Gasteiger partial charge in [0.2, 0.25) is 0 Å². The molecule has 2 N–H and O–H groups in total. The Hall–Kier alpha value is -1.71. The molecule has 0 bridgehead atoms. The highest BCUT2D eigenvalue weighted by molar-refractivity contribution is 5.36. The topological polar surface area (TPSA) is 45.1 Å². The minimum absolute atomic E-state index is 0.0960. The number of aliphatic hydroxyl groups excluding tert-OH is 1. The third kappa shape index (κ3) is 2.44. The molecule has 4 rings (SSSR count). The highest BCUT2D eigenvalue weighted by atomic mass is 16.3. The molecule has 22 heavy (non-hydrogen) atoms. The van der Waals surface area contributed by atoms with Gasteiger partial charge in [0, 0.05) is 18.8 Å². The van der Waals surface area contributed by atoms with Gasteiger partial charge in [-0.25, -0.2) is 0 Å². The lowest BCUT2D eigenvalue weighted by Gasteiger charge is -2.21. The van der Waals surface area contributed by atoms with Crippen LogP contribution in [0.2, 0.25) is 0 Å². The molecule has 2 atom stereocenters. The summed E-state index contributed by atoms with van der Waals surface area (Å²) in [6, 6.07) is 10.5. The van der Waals surface area contributed by atoms with Crippen molar-refractivity contribution >= 4 is 0 Å². The number of nitrogens with zero attached hydrogens (tertiary/aromatic N) is 1. The lowest BCUT2D eigenvalue weighted by molar-refractivity contribution is 0.141. The molecule has 0 unspecified atom stereocenters. The molecule has 2 aliphatic rings. The van der Waals surface area contributed by atoms with Crippen LogP contribution in [0.15, 0.2) is 36.5 Å². The summed E-state index contributed by atoms with van der Waals surface area (Å²) in [6.07, 6.45) is 7.31. The quantitative estimate of drug-likeness (QED) is 0.915. The third-order valence-electron chi connectivity index (χ3n) is 5.09. The molecule has 1 aromatic carbocycles. The molecule has 2 aromatic rings. The molecule has 0 aliphatic heterocycles. The molecule has 0 fully saturated rings. The van der Waals surface area contributed by atoms with Crippen LogP contribution in [0.1, 0.15) is 46.9 Å². The van der Waals surface area contributed by atoms with Gasteiger partial charge in [-0.2, -0.15) is 0 Å². The van der Waals surface area contributed by atoms with E-state index in [9.17, 15) is 5.11 Å². The van der Waals surface area contributed by atoms with E-state index in [1.165, 1.54) is 41.6 Å². The van der Waals surface area contributed by atoms with Crippen molar-refractivity contribution in [2.75, 3.05) is 0 Å². The van der Waals surface area contributed by atoms with Crippen molar-refractivity contribution < 1.29 is 5.11 Å². The van der Waals surface area contributed by atoms with Crippen LogP contribution in [-0.4, -0.2) is 16.1 Å². The van der Waals surface area contributed by atoms with Gasteiger partial charge in [0.25, 0.3) is 0 Å². The number of aliphatic hydroxyl groups is 1. The second kappa shape index (κ2) is 5.82. The van der Waals surface area contributed by atoms with E-state index in [2.05, 4.69) is 22.4 Å². The van der Waals surface area contributed by atoms with Crippen molar-refractivity contribution in [3.63, 3.8) is 0 Å². The molecule has 0 amide bonds. The van der Waals surface area contributed by atoms with Gasteiger partial charge in [0.1, 0.15) is 0 Å². The molecular weight excluding hydrogens is 272 g/mol. The number of pyridine rings is 1. The number of hydrogen-bond acceptors (Lipinski definition) is 3. The van der Waals surface area contributed by atoms with Gasteiger partial charge in [-0.1, -0.05) is 24.3 Å². The van der Waals surface area contributed by atoms with Crippen LogP contribution in [0.25, 0.3) is 0 Å². The van der Waals surface area contributed by atoms with Crippen LogP contribution >= 0.6 is 0 Å². The van der Waals surface area contributed by atoms with E-state index in [1.807, 2.05) is 24.4 Å². The Morgan fingerprint density at radius 1 is 1.09 bits per heavy atom. The van der Waals surface area contributed by atoms with Crippen LogP contribution in [0.3, 0.4) is 0 Å². The standard InChI is InChI=1S/C19H22N2O/c22-19-16-8-4-2-6-14(16)11-17(19)21-12-18-15-7-3-1-5-13(15)9-10-20-18/h2,4,6,8-10,17,19,21-22H,1,3,5,7,11-12H2/t17-,19-/m0/s1. The molecule has 2 aliphatic carbocycles. The first-order valence-electron chi connectivity index (χ1n) is 8.28. The van der Waals surface area contributed by atoms with Crippen molar-refractivity contribution in [1.82, 2.24) is 10.3 Å². The SMILES string of the molecule is O[C@H]1c2ccccc2C[C@@H]1NCc1nccc2c1CCCC2. The second-order valence-corrected chi connectivity index (χ2v) is 6.44. The fraction of sp³-hybridized carbons (Fsp3) is 0.421. The van der Waals surface area contributed by atoms with Crippen LogP contribution in [0.4, 0.5) is 0 Å². The van der Waals surface area contributed by atoms with E-state index in [-0.39, 0.29) is 6.04 Å². The van der Waals surface area contributed by atoms with Gasteiger partial charge in [-0.05, 0) is 60.4 Å². The van der Waals surface area contributed by atoms with Crippen LogP contribution < -0.4 is 5.32 Å². The van der Waals surface area contributed by atoms with Crippen LogP contribution in [0.5, 0.6) is 0 Å². The van der Waals surface area contributed by atoms with Crippen molar-refractivity contribution in [2.45, 2.75) is 50.8 Å². The predicted molar refractivity (Wildman–Crippen MR) is 86.6 cm³/mol. The number of benzene rings is 1. The van der Waals surface area contributed by atoms with E-state index < -0.39 is 6.10 Å². The minimum atomic E-state index is -0.407. The lowest BCUT2D eigenvalue weighted by Crippen LogP contribution is -2.33. The number of nitrogens with one attached hydrogen (secondary N) is 1. The predicted octanol–water partition coefficient (Wildman–Crippen LogP) is 2.71. The molecule has 0 spiro atoms. The summed E-state index contributed by atoms with van der Waals surface area (Å²) in [5, 5.41) is 14.0. The highest BCUT2D eigenvalue weighted by Crippen LogP contribution is 2.31. The van der Waals surface area contributed by atoms with Crippen molar-refractivity contribution in [3.05, 3.63) is 64.5 Å². The number of rotatable bonds is 3. The van der Waals surface area contributed by atoms with Gasteiger partial charge in [-0.3, -0.25) is 4.98 Å². The summed E-state index contributed by atoms with van der Waals surface area (Å²) in [4.78, 5) is 4.58. The molecule has 3 heteroatoms. The average molecular weight is 294 g/mol. The summed E-state index contributed by atoms with van der Waals surface area (Å²) in [6.45, 7) is 0.749. The molecule has 0 saturated carbocycles. The van der Waals surface area contributed by atoms with Crippen molar-refractivity contribution in [1.29, 1.82) is 0 Å². The Bertz CT molecular complexity index is 683. The Morgan fingerprint density at radius 2 is 1.95 bits per heavy atom. The fourth-order valence-corrected chi connectivity index (χ4v) is 3.88. The maximum absolute atomic E-state index is 10.5. The maximum Gasteiger partial charge on any atom is 0.0948 e. The van der Waals surface area contributed by atoms with Crippen LogP contribution in [0, 0.1) is 0 Å². The number of fused-ring (bicyclic) bond motifs is 2. The van der Waals surface area contributed by atoms with Gasteiger partial charge in [0.15, 0.2) is 0 Å². The average Bonchev–Trinajstić information content (AvgIpc) is 2.89. The van der Waals surface area contributed by atoms with E-state index in [1.54, 1.807) is 0 Å². The Labute approximate surface area is 131 Å². The van der Waals surface area contributed by atoms with E-state index in [0.29, 0.717) is 0 Å². The van der Waals surface area contributed by atoms with Gasteiger partial charge in [-0.15, -0.1) is 0 Å². The Balaban J connectivity index is 1.48. The van der Waals surface area contributed by atoms with Gasteiger partial charge >= 0.3 is 0 Å². The molecule has 1 heterocycles. The zero-order chi connectivity index (χ0) is 14.9. The zero-order valence-corrected chi connectivity index (χ0v) is 12.8. The largest absolute Gasteiger partial charge is 0.387 e. The van der Waals surface area contributed by atoms with Crippen LogP contribution in [-0.2, 0) is 25.8 Å². The first-order valence-corrected chi connectivity index (χ1v) is 8.28. The second-order valence-electron chi connectivity index (χ2n) is 6.44. The summed E-state index contributed by atoms with van der Waals surface area (Å²) >= 11 is 0. The van der Waals surface area contributed by atoms with E-state index in [0.717, 1.165) is 24.9 Å². The van der Waals surface area contributed by atoms with Gasteiger partial charge in [0.05, 0.1) is 11.8 Å².